The van der Waals surface area contributed by atoms with Crippen LogP contribution in [0.3, 0.4) is 0 Å². The Bertz CT molecular complexity index is 949. The van der Waals surface area contributed by atoms with Gasteiger partial charge in [0.2, 0.25) is 5.91 Å². The molecule has 12 heteroatoms. The highest BCUT2D eigenvalue weighted by Crippen LogP contribution is 2.36. The lowest BCUT2D eigenvalue weighted by Gasteiger charge is -2.18. The number of hydrogen-bond donors (Lipinski definition) is 2. The molecule has 0 spiro atoms. The number of anilines is 1. The van der Waals surface area contributed by atoms with E-state index in [2.05, 4.69) is 20.8 Å². The van der Waals surface area contributed by atoms with E-state index in [1.165, 1.54) is 4.68 Å². The molecule has 12 nitrogen and oxygen atoms in total. The van der Waals surface area contributed by atoms with E-state index < -0.39 is 5.97 Å². The largest absolute Gasteiger partial charge is 0.481 e. The van der Waals surface area contributed by atoms with Crippen LogP contribution in [0, 0.1) is 0 Å². The lowest BCUT2D eigenvalue weighted by atomic mass is 10.1. The maximum absolute atomic E-state index is 12.0. The first kappa shape index (κ1) is 21.0. The summed E-state index contributed by atoms with van der Waals surface area (Å²) in [6, 6.07) is 7.05. The molecule has 2 aromatic rings. The van der Waals surface area contributed by atoms with Gasteiger partial charge in [-0.1, -0.05) is 11.2 Å². The number of nitrogens with one attached hydrogen (secondary N) is 1. The Balaban J connectivity index is 1.42. The van der Waals surface area contributed by atoms with Crippen LogP contribution in [0.15, 0.2) is 24.3 Å². The third kappa shape index (κ3) is 4.59. The van der Waals surface area contributed by atoms with Crippen molar-refractivity contribution in [3.05, 3.63) is 24.3 Å². The van der Waals surface area contributed by atoms with Gasteiger partial charge in [0.25, 0.3) is 0 Å². The Morgan fingerprint density at radius 1 is 1.26 bits per heavy atom. The van der Waals surface area contributed by atoms with Crippen LogP contribution in [0.2, 0.25) is 0 Å². The second kappa shape index (κ2) is 8.86. The minimum atomic E-state index is -1.02. The minimum absolute atomic E-state index is 0.0936. The predicted molar refractivity (Wildman–Crippen MR) is 106 cm³/mol. The summed E-state index contributed by atoms with van der Waals surface area (Å²) in [6.45, 7) is 0.545. The molecule has 1 aromatic carbocycles. The molecule has 2 fully saturated rings. The van der Waals surface area contributed by atoms with Crippen molar-refractivity contribution in [1.29, 1.82) is 0 Å². The Morgan fingerprint density at radius 3 is 2.84 bits per heavy atom. The fraction of sp³-hybridized carbons (Fsp3) is 0.526. The molecule has 2 aliphatic rings. The molecule has 31 heavy (non-hydrogen) atoms. The zero-order chi connectivity index (χ0) is 22.0. The van der Waals surface area contributed by atoms with Crippen LogP contribution in [0.5, 0.6) is 11.8 Å². The molecule has 2 saturated heterocycles. The van der Waals surface area contributed by atoms with Crippen molar-refractivity contribution in [2.75, 3.05) is 32.2 Å². The minimum Gasteiger partial charge on any atom is -0.481 e. The second-order valence-electron chi connectivity index (χ2n) is 7.63. The molecule has 0 unspecified atom stereocenters. The number of tetrazole rings is 1. The van der Waals surface area contributed by atoms with Crippen molar-refractivity contribution in [2.24, 2.45) is 0 Å². The lowest BCUT2D eigenvalue weighted by molar-refractivity contribution is -0.139. The first-order chi connectivity index (χ1) is 14.9. The number of carbonyl (C=O) groups excluding carboxylic acids is 1. The first-order valence-corrected chi connectivity index (χ1v) is 9.90. The summed E-state index contributed by atoms with van der Waals surface area (Å²) < 4.78 is 19.2. The van der Waals surface area contributed by atoms with Crippen molar-refractivity contribution in [3.63, 3.8) is 0 Å². The number of benzene rings is 1. The Hall–Kier alpha value is -3.25. The SMILES string of the molecule is CN(C)c1cccc(Oc2nnnn2[C@@H]2CO[C@@H]3[C@@H]2OC[C@@H]3NC(=O)CCC(=O)O)c1. The highest BCUT2D eigenvalue weighted by atomic mass is 16.6. The van der Waals surface area contributed by atoms with Gasteiger partial charge in [-0.25, -0.2) is 0 Å². The molecule has 1 aromatic heterocycles. The van der Waals surface area contributed by atoms with Crippen molar-refractivity contribution < 1.29 is 28.9 Å². The number of rotatable bonds is 8. The van der Waals surface area contributed by atoms with E-state index in [9.17, 15) is 9.59 Å². The summed E-state index contributed by atoms with van der Waals surface area (Å²) in [6.07, 6.45) is -1.07. The molecular formula is C19H24N6O6. The molecule has 3 heterocycles. The predicted octanol–water partition coefficient (Wildman–Crippen LogP) is 0.220. The molecule has 0 aliphatic carbocycles. The van der Waals surface area contributed by atoms with Crippen LogP contribution >= 0.6 is 0 Å². The van der Waals surface area contributed by atoms with Gasteiger partial charge in [0.1, 0.15) is 24.0 Å². The van der Waals surface area contributed by atoms with Gasteiger partial charge in [0.15, 0.2) is 0 Å². The van der Waals surface area contributed by atoms with E-state index in [4.69, 9.17) is 19.3 Å². The Labute approximate surface area is 178 Å². The van der Waals surface area contributed by atoms with Crippen molar-refractivity contribution in [1.82, 2.24) is 25.5 Å². The molecule has 1 amide bonds. The molecule has 166 valence electrons. The number of carboxylic acid groups (broad SMARTS) is 1. The van der Waals surface area contributed by atoms with Crippen LogP contribution in [0.1, 0.15) is 18.9 Å². The molecule has 2 aliphatic heterocycles. The number of carbonyl (C=O) groups is 2. The number of hydrogen-bond acceptors (Lipinski definition) is 9. The number of ether oxygens (including phenoxy) is 3. The number of nitrogens with zero attached hydrogens (tertiary/aromatic N) is 5. The standard InChI is InChI=1S/C19H24N6O6/c1-24(2)11-4-3-5-12(8-11)31-19-21-22-23-25(19)14-10-30-17-13(9-29-18(14)17)20-15(26)6-7-16(27)28/h3-5,8,13-14,17-18H,6-7,9-10H2,1-2H3,(H,20,26)(H,27,28)/t13-,14+,17-,18+/m0/s1. The molecule has 2 N–H and O–H groups in total. The quantitative estimate of drug-likeness (QED) is 0.595. The smallest absolute Gasteiger partial charge is 0.341 e. The van der Waals surface area contributed by atoms with E-state index in [0.29, 0.717) is 5.75 Å². The third-order valence-electron chi connectivity index (χ3n) is 5.26. The number of fused-ring (bicyclic) bond motifs is 1. The summed E-state index contributed by atoms with van der Waals surface area (Å²) in [5.41, 5.74) is 0.974. The summed E-state index contributed by atoms with van der Waals surface area (Å²) >= 11 is 0. The molecular weight excluding hydrogens is 408 g/mol. The Kier molecular flexibility index (Phi) is 6.00. The molecule has 4 rings (SSSR count). The summed E-state index contributed by atoms with van der Waals surface area (Å²) in [5, 5.41) is 23.3. The van der Waals surface area contributed by atoms with Crippen molar-refractivity contribution in [2.45, 2.75) is 37.1 Å². The monoisotopic (exact) mass is 432 g/mol. The summed E-state index contributed by atoms with van der Waals surface area (Å²) in [7, 11) is 3.88. The van der Waals surface area contributed by atoms with Crippen LogP contribution in [-0.2, 0) is 19.1 Å². The van der Waals surface area contributed by atoms with Gasteiger partial charge in [-0.3, -0.25) is 9.59 Å². The number of carboxylic acids is 1. The molecule has 0 saturated carbocycles. The fourth-order valence-electron chi connectivity index (χ4n) is 3.70. The van der Waals surface area contributed by atoms with Crippen LogP contribution in [0.25, 0.3) is 0 Å². The zero-order valence-corrected chi connectivity index (χ0v) is 17.2. The van der Waals surface area contributed by atoms with Crippen LogP contribution in [-0.4, -0.2) is 82.7 Å². The van der Waals surface area contributed by atoms with E-state index in [0.717, 1.165) is 5.69 Å². The van der Waals surface area contributed by atoms with Gasteiger partial charge < -0.3 is 29.5 Å². The molecule has 4 atom stereocenters. The van der Waals surface area contributed by atoms with Crippen LogP contribution < -0.4 is 15.0 Å². The van der Waals surface area contributed by atoms with Gasteiger partial charge in [-0.2, -0.15) is 4.68 Å². The van der Waals surface area contributed by atoms with Crippen molar-refractivity contribution in [3.8, 4) is 11.8 Å². The third-order valence-corrected chi connectivity index (χ3v) is 5.26. The Morgan fingerprint density at radius 2 is 2.06 bits per heavy atom. The van der Waals surface area contributed by atoms with Gasteiger partial charge in [0, 0.05) is 32.3 Å². The fourth-order valence-corrected chi connectivity index (χ4v) is 3.70. The summed E-state index contributed by atoms with van der Waals surface area (Å²) in [4.78, 5) is 24.6. The van der Waals surface area contributed by atoms with Gasteiger partial charge in [-0.05, 0) is 22.6 Å². The number of amides is 1. The average molecular weight is 432 g/mol. The highest BCUT2D eigenvalue weighted by Gasteiger charge is 2.50. The van der Waals surface area contributed by atoms with E-state index >= 15 is 0 Å². The highest BCUT2D eigenvalue weighted by molar-refractivity contribution is 5.80. The first-order valence-electron chi connectivity index (χ1n) is 9.90. The zero-order valence-electron chi connectivity index (χ0n) is 17.2. The van der Waals surface area contributed by atoms with E-state index in [-0.39, 0.29) is 62.3 Å². The maximum atomic E-state index is 12.0. The lowest BCUT2D eigenvalue weighted by Crippen LogP contribution is -2.44. The van der Waals surface area contributed by atoms with Gasteiger partial charge in [0.05, 0.1) is 25.7 Å². The van der Waals surface area contributed by atoms with E-state index in [1.54, 1.807) is 0 Å². The van der Waals surface area contributed by atoms with Crippen LogP contribution in [0.4, 0.5) is 5.69 Å². The topological polar surface area (TPSA) is 141 Å². The van der Waals surface area contributed by atoms with Crippen molar-refractivity contribution >= 4 is 17.6 Å². The second-order valence-corrected chi connectivity index (χ2v) is 7.63. The normalized spacial score (nSPS) is 24.6. The average Bonchev–Trinajstić information content (AvgIpc) is 3.44. The maximum Gasteiger partial charge on any atom is 0.341 e. The van der Waals surface area contributed by atoms with Gasteiger partial charge >= 0.3 is 12.0 Å². The molecule has 0 bridgehead atoms. The summed E-state index contributed by atoms with van der Waals surface area (Å²) in [5.74, 6) is -0.778. The number of aromatic nitrogens is 4. The number of aliphatic carboxylic acids is 1. The van der Waals surface area contributed by atoms with Gasteiger partial charge in [-0.15, -0.1) is 0 Å². The molecule has 0 radical (unpaired) electrons. The van der Waals surface area contributed by atoms with E-state index in [1.807, 2.05) is 43.3 Å².